The number of ether oxygens (including phenoxy) is 2. The molecule has 1 amide bonds. The Kier molecular flexibility index (Phi) is 9.41. The Balaban J connectivity index is 1.72. The molecule has 3 rings (SSSR count). The molecule has 1 N–H and O–H groups in total. The fourth-order valence-corrected chi connectivity index (χ4v) is 6.38. The van der Waals surface area contributed by atoms with Crippen LogP contribution in [0, 0.1) is 6.92 Å². The summed E-state index contributed by atoms with van der Waals surface area (Å²) in [4.78, 5) is 13.1. The Morgan fingerprint density at radius 2 is 1.64 bits per heavy atom. The first-order valence-electron chi connectivity index (χ1n) is 12.7. The molecule has 0 bridgehead atoms. The lowest BCUT2D eigenvalue weighted by atomic mass is 9.93. The quantitative estimate of drug-likeness (QED) is 0.474. The zero-order valence-electron chi connectivity index (χ0n) is 22.4. The summed E-state index contributed by atoms with van der Waals surface area (Å²) >= 11 is 0. The second-order valence-electron chi connectivity index (χ2n) is 9.83. The number of methoxy groups -OCH3 is 2. The molecule has 1 aliphatic rings. The normalized spacial score (nSPS) is 15.5. The molecule has 2 aromatic rings. The number of piperidine rings is 1. The summed E-state index contributed by atoms with van der Waals surface area (Å²) < 4.78 is 38.8. The predicted octanol–water partition coefficient (Wildman–Crippen LogP) is 5.12. The van der Waals surface area contributed by atoms with E-state index in [9.17, 15) is 13.2 Å². The Bertz CT molecular complexity index is 1170. The first-order valence-corrected chi connectivity index (χ1v) is 14.2. The van der Waals surface area contributed by atoms with Gasteiger partial charge in [-0.3, -0.25) is 4.79 Å². The van der Waals surface area contributed by atoms with E-state index in [1.54, 1.807) is 36.7 Å². The summed E-state index contributed by atoms with van der Waals surface area (Å²) in [5.74, 6) is 1.63. The Hall–Kier alpha value is -2.58. The van der Waals surface area contributed by atoms with Crippen LogP contribution in [0.15, 0.2) is 35.2 Å². The first-order chi connectivity index (χ1) is 17.1. The van der Waals surface area contributed by atoms with Crippen LogP contribution in [0.1, 0.15) is 80.7 Å². The van der Waals surface area contributed by atoms with E-state index in [0.29, 0.717) is 36.7 Å². The lowest BCUT2D eigenvalue weighted by Crippen LogP contribution is -2.35. The fourth-order valence-electron chi connectivity index (χ4n) is 4.81. The van der Waals surface area contributed by atoms with Gasteiger partial charge in [0.15, 0.2) is 0 Å². The van der Waals surface area contributed by atoms with Gasteiger partial charge in [0, 0.05) is 19.5 Å². The van der Waals surface area contributed by atoms with Gasteiger partial charge in [-0.2, -0.15) is 4.31 Å². The second kappa shape index (κ2) is 12.1. The maximum absolute atomic E-state index is 13.1. The maximum Gasteiger partial charge on any atom is 0.243 e. The van der Waals surface area contributed by atoms with Gasteiger partial charge in [0.1, 0.15) is 11.5 Å². The van der Waals surface area contributed by atoms with E-state index in [2.05, 4.69) is 25.2 Å². The van der Waals surface area contributed by atoms with E-state index in [0.717, 1.165) is 41.7 Å². The van der Waals surface area contributed by atoms with Crippen molar-refractivity contribution in [1.29, 1.82) is 0 Å². The number of rotatable bonds is 10. The van der Waals surface area contributed by atoms with E-state index >= 15 is 0 Å². The maximum atomic E-state index is 13.1. The molecule has 0 aromatic heterocycles. The highest BCUT2D eigenvalue weighted by molar-refractivity contribution is 7.89. The molecule has 1 aliphatic heterocycles. The highest BCUT2D eigenvalue weighted by Gasteiger charge is 2.27. The van der Waals surface area contributed by atoms with Crippen molar-refractivity contribution in [3.05, 3.63) is 52.6 Å². The molecular weight excluding hydrogens is 476 g/mol. The lowest BCUT2D eigenvalue weighted by Gasteiger charge is -2.26. The Labute approximate surface area is 216 Å². The van der Waals surface area contributed by atoms with Crippen LogP contribution in [0.3, 0.4) is 0 Å². The summed E-state index contributed by atoms with van der Waals surface area (Å²) in [6, 6.07) is 8.89. The molecule has 36 heavy (non-hydrogen) atoms. The second-order valence-corrected chi connectivity index (χ2v) is 11.8. The SMILES string of the molecule is COc1ccc(S(=O)(=O)N2CCCCC2)cc1CCC(=O)N[C@@H](C)c1cc(C(C)C)c(OC)cc1C. The number of hydrogen-bond donors (Lipinski definition) is 1. The number of sulfonamides is 1. The topological polar surface area (TPSA) is 84.9 Å². The number of nitrogens with one attached hydrogen (secondary N) is 1. The van der Waals surface area contributed by atoms with Gasteiger partial charge in [-0.05, 0) is 91.6 Å². The minimum atomic E-state index is -3.56. The van der Waals surface area contributed by atoms with Gasteiger partial charge in [0.05, 0.1) is 25.2 Å². The van der Waals surface area contributed by atoms with E-state index in [4.69, 9.17) is 9.47 Å². The molecule has 0 aliphatic carbocycles. The number of amides is 1. The monoisotopic (exact) mass is 516 g/mol. The number of aryl methyl sites for hydroxylation is 2. The Morgan fingerprint density at radius 1 is 0.972 bits per heavy atom. The third kappa shape index (κ3) is 6.40. The van der Waals surface area contributed by atoms with Gasteiger partial charge in [-0.15, -0.1) is 0 Å². The van der Waals surface area contributed by atoms with Crippen molar-refractivity contribution in [2.45, 2.75) is 76.7 Å². The summed E-state index contributed by atoms with van der Waals surface area (Å²) in [7, 11) is -0.331. The van der Waals surface area contributed by atoms with Gasteiger partial charge < -0.3 is 14.8 Å². The number of benzene rings is 2. The lowest BCUT2D eigenvalue weighted by molar-refractivity contribution is -0.121. The van der Waals surface area contributed by atoms with Gasteiger partial charge in [-0.25, -0.2) is 8.42 Å². The molecule has 0 radical (unpaired) electrons. The van der Waals surface area contributed by atoms with Crippen LogP contribution >= 0.6 is 0 Å². The summed E-state index contributed by atoms with van der Waals surface area (Å²) in [6.07, 6.45) is 3.42. The van der Waals surface area contributed by atoms with Crippen LogP contribution < -0.4 is 14.8 Å². The van der Waals surface area contributed by atoms with Gasteiger partial charge in [-0.1, -0.05) is 20.3 Å². The van der Waals surface area contributed by atoms with Crippen LogP contribution in [0.25, 0.3) is 0 Å². The smallest absolute Gasteiger partial charge is 0.243 e. The third-order valence-electron chi connectivity index (χ3n) is 6.91. The van der Waals surface area contributed by atoms with Gasteiger partial charge >= 0.3 is 0 Å². The summed E-state index contributed by atoms with van der Waals surface area (Å²) in [5, 5.41) is 3.10. The van der Waals surface area contributed by atoms with Gasteiger partial charge in [0.2, 0.25) is 15.9 Å². The average Bonchev–Trinajstić information content (AvgIpc) is 2.87. The zero-order valence-corrected chi connectivity index (χ0v) is 23.2. The molecule has 1 fully saturated rings. The third-order valence-corrected chi connectivity index (χ3v) is 8.81. The summed E-state index contributed by atoms with van der Waals surface area (Å²) in [5.41, 5.74) is 3.93. The molecule has 7 nitrogen and oxygen atoms in total. The molecule has 0 spiro atoms. The largest absolute Gasteiger partial charge is 0.496 e. The molecule has 198 valence electrons. The predicted molar refractivity (Wildman–Crippen MR) is 142 cm³/mol. The first kappa shape index (κ1) is 28.0. The van der Waals surface area contributed by atoms with Crippen molar-refractivity contribution < 1.29 is 22.7 Å². The Morgan fingerprint density at radius 3 is 2.25 bits per heavy atom. The van der Waals surface area contributed by atoms with E-state index in [-0.39, 0.29) is 23.3 Å². The van der Waals surface area contributed by atoms with E-state index in [1.165, 1.54) is 0 Å². The standard InChI is InChI=1S/C28H40N2O5S/c1-19(2)24-18-25(20(3)16-27(24)35-6)21(4)29-28(31)13-10-22-17-23(11-12-26(22)34-5)36(32,33)30-14-8-7-9-15-30/h11-12,16-19,21H,7-10,13-15H2,1-6H3,(H,29,31)/t21-/m0/s1. The van der Waals surface area contributed by atoms with Crippen molar-refractivity contribution in [3.63, 3.8) is 0 Å². The molecule has 2 aromatic carbocycles. The van der Waals surface area contributed by atoms with Gasteiger partial charge in [0.25, 0.3) is 0 Å². The molecular formula is C28H40N2O5S. The number of hydrogen-bond acceptors (Lipinski definition) is 5. The van der Waals surface area contributed by atoms with Crippen LogP contribution in [0.5, 0.6) is 11.5 Å². The summed E-state index contributed by atoms with van der Waals surface area (Å²) in [6.45, 7) is 9.33. The van der Waals surface area contributed by atoms with E-state index in [1.807, 2.05) is 19.9 Å². The molecule has 1 heterocycles. The van der Waals surface area contributed by atoms with Crippen molar-refractivity contribution in [2.24, 2.45) is 0 Å². The number of carbonyl (C=O) groups is 1. The fraction of sp³-hybridized carbons (Fsp3) is 0.536. The minimum absolute atomic E-state index is 0.102. The van der Waals surface area contributed by atoms with Crippen LogP contribution in [0.4, 0.5) is 0 Å². The molecule has 1 atom stereocenters. The minimum Gasteiger partial charge on any atom is -0.496 e. The van der Waals surface area contributed by atoms with Crippen molar-refractivity contribution >= 4 is 15.9 Å². The van der Waals surface area contributed by atoms with E-state index < -0.39 is 10.0 Å². The molecule has 1 saturated heterocycles. The number of nitrogens with zero attached hydrogens (tertiary/aromatic N) is 1. The zero-order chi connectivity index (χ0) is 26.5. The highest BCUT2D eigenvalue weighted by Crippen LogP contribution is 2.32. The highest BCUT2D eigenvalue weighted by atomic mass is 32.2. The molecule has 0 saturated carbocycles. The molecule has 8 heteroatoms. The van der Waals surface area contributed by atoms with Crippen molar-refractivity contribution in [1.82, 2.24) is 9.62 Å². The van der Waals surface area contributed by atoms with Crippen molar-refractivity contribution in [2.75, 3.05) is 27.3 Å². The molecule has 0 unspecified atom stereocenters. The van der Waals surface area contributed by atoms with Crippen molar-refractivity contribution in [3.8, 4) is 11.5 Å². The average molecular weight is 517 g/mol. The number of carbonyl (C=O) groups excluding carboxylic acids is 1. The van der Waals surface area contributed by atoms with Crippen LogP contribution in [-0.4, -0.2) is 45.9 Å². The van der Waals surface area contributed by atoms with Crippen LogP contribution in [-0.2, 0) is 21.2 Å². The van der Waals surface area contributed by atoms with Crippen LogP contribution in [0.2, 0.25) is 0 Å².